The monoisotopic (exact) mass is 271 g/mol. The minimum absolute atomic E-state index is 0.124. The van der Waals surface area contributed by atoms with Gasteiger partial charge in [0.05, 0.1) is 24.0 Å². The van der Waals surface area contributed by atoms with Gasteiger partial charge in [-0.05, 0) is 37.6 Å². The van der Waals surface area contributed by atoms with E-state index in [0.29, 0.717) is 12.3 Å². The number of nitrogens with zero attached hydrogens (tertiary/aromatic N) is 1. The number of anilines is 2. The van der Waals surface area contributed by atoms with E-state index in [4.69, 9.17) is 10.5 Å². The van der Waals surface area contributed by atoms with Gasteiger partial charge in [0.1, 0.15) is 5.75 Å². The molecule has 1 unspecified atom stereocenters. The molecule has 1 aromatic heterocycles. The van der Waals surface area contributed by atoms with Gasteiger partial charge in [-0.2, -0.15) is 0 Å². The van der Waals surface area contributed by atoms with Crippen molar-refractivity contribution in [1.29, 1.82) is 0 Å². The lowest BCUT2D eigenvalue weighted by molar-refractivity contribution is 0.319. The average Bonchev–Trinajstić information content (AvgIpc) is 2.48. The molecule has 0 amide bonds. The maximum atomic E-state index is 5.91. The van der Waals surface area contributed by atoms with Crippen molar-refractivity contribution in [2.24, 2.45) is 0 Å². The van der Waals surface area contributed by atoms with Crippen molar-refractivity contribution in [3.63, 3.8) is 0 Å². The fraction of sp³-hybridized carbons (Fsp3) is 0.312. The van der Waals surface area contributed by atoms with Gasteiger partial charge in [-0.15, -0.1) is 0 Å². The predicted octanol–water partition coefficient (Wildman–Crippen LogP) is 3.63. The Balaban J connectivity index is 2.09. The summed E-state index contributed by atoms with van der Waals surface area (Å²) < 4.78 is 5.63. The van der Waals surface area contributed by atoms with Crippen LogP contribution in [0.3, 0.4) is 0 Å². The Morgan fingerprint density at radius 1 is 1.30 bits per heavy atom. The number of aromatic nitrogens is 1. The van der Waals surface area contributed by atoms with Gasteiger partial charge in [0.2, 0.25) is 0 Å². The van der Waals surface area contributed by atoms with Crippen molar-refractivity contribution < 1.29 is 4.74 Å². The SMILES string of the molecule is CCCOc1cc(NC(C)c2ccccn2)ccc1N. The summed E-state index contributed by atoms with van der Waals surface area (Å²) in [6.45, 7) is 4.82. The van der Waals surface area contributed by atoms with Crippen molar-refractivity contribution in [3.05, 3.63) is 48.3 Å². The van der Waals surface area contributed by atoms with Gasteiger partial charge in [0.15, 0.2) is 0 Å². The molecule has 0 fully saturated rings. The van der Waals surface area contributed by atoms with E-state index in [1.165, 1.54) is 0 Å². The van der Waals surface area contributed by atoms with Crippen LogP contribution in [0, 0.1) is 0 Å². The quantitative estimate of drug-likeness (QED) is 0.788. The number of hydrogen-bond donors (Lipinski definition) is 2. The second-order valence-corrected chi connectivity index (χ2v) is 4.72. The lowest BCUT2D eigenvalue weighted by Crippen LogP contribution is -2.08. The zero-order valence-electron chi connectivity index (χ0n) is 12.0. The minimum atomic E-state index is 0.124. The molecule has 1 heterocycles. The second-order valence-electron chi connectivity index (χ2n) is 4.72. The fourth-order valence-electron chi connectivity index (χ4n) is 1.92. The number of hydrogen-bond acceptors (Lipinski definition) is 4. The van der Waals surface area contributed by atoms with Gasteiger partial charge in [-0.3, -0.25) is 4.98 Å². The average molecular weight is 271 g/mol. The fourth-order valence-corrected chi connectivity index (χ4v) is 1.92. The number of benzene rings is 1. The third-order valence-electron chi connectivity index (χ3n) is 2.99. The molecule has 0 saturated heterocycles. The maximum absolute atomic E-state index is 5.91. The number of nitrogens with two attached hydrogens (primary N) is 1. The van der Waals surface area contributed by atoms with Crippen LogP contribution in [-0.2, 0) is 0 Å². The topological polar surface area (TPSA) is 60.2 Å². The molecule has 0 aliphatic carbocycles. The highest BCUT2D eigenvalue weighted by Gasteiger charge is 2.08. The number of nitrogen functional groups attached to an aromatic ring is 1. The number of pyridine rings is 1. The van der Waals surface area contributed by atoms with Crippen LogP contribution in [-0.4, -0.2) is 11.6 Å². The summed E-state index contributed by atoms with van der Waals surface area (Å²) in [5.41, 5.74) is 8.54. The standard InChI is InChI=1S/C16H21N3O/c1-3-10-20-16-11-13(7-8-14(16)17)19-12(2)15-6-4-5-9-18-15/h4-9,11-12,19H,3,10,17H2,1-2H3. The zero-order chi connectivity index (χ0) is 14.4. The van der Waals surface area contributed by atoms with Gasteiger partial charge in [0, 0.05) is 18.0 Å². The van der Waals surface area contributed by atoms with E-state index in [1.807, 2.05) is 36.4 Å². The predicted molar refractivity (Wildman–Crippen MR) is 82.9 cm³/mol. The molecule has 0 aliphatic heterocycles. The molecule has 20 heavy (non-hydrogen) atoms. The molecule has 4 heteroatoms. The first-order chi connectivity index (χ1) is 9.70. The smallest absolute Gasteiger partial charge is 0.144 e. The van der Waals surface area contributed by atoms with Crippen LogP contribution in [0.25, 0.3) is 0 Å². The van der Waals surface area contributed by atoms with Crippen LogP contribution in [0.5, 0.6) is 5.75 Å². The lowest BCUT2D eigenvalue weighted by atomic mass is 10.2. The lowest BCUT2D eigenvalue weighted by Gasteiger charge is -2.16. The first-order valence-corrected chi connectivity index (χ1v) is 6.90. The summed E-state index contributed by atoms with van der Waals surface area (Å²) in [6.07, 6.45) is 2.76. The Morgan fingerprint density at radius 3 is 2.85 bits per heavy atom. The Hall–Kier alpha value is -2.23. The van der Waals surface area contributed by atoms with E-state index in [0.717, 1.165) is 23.6 Å². The molecule has 3 N–H and O–H groups in total. The molecule has 2 rings (SSSR count). The van der Waals surface area contributed by atoms with Crippen molar-refractivity contribution in [2.75, 3.05) is 17.7 Å². The molecule has 0 saturated carbocycles. The van der Waals surface area contributed by atoms with E-state index < -0.39 is 0 Å². The first-order valence-electron chi connectivity index (χ1n) is 6.90. The largest absolute Gasteiger partial charge is 0.491 e. The van der Waals surface area contributed by atoms with Crippen LogP contribution in [0.15, 0.2) is 42.6 Å². The number of rotatable bonds is 6. The third-order valence-corrected chi connectivity index (χ3v) is 2.99. The molecule has 0 aliphatic rings. The third kappa shape index (κ3) is 3.63. The zero-order valence-corrected chi connectivity index (χ0v) is 12.0. The van der Waals surface area contributed by atoms with Gasteiger partial charge in [0.25, 0.3) is 0 Å². The van der Waals surface area contributed by atoms with Gasteiger partial charge in [-0.1, -0.05) is 13.0 Å². The number of ether oxygens (including phenoxy) is 1. The van der Waals surface area contributed by atoms with Crippen molar-refractivity contribution >= 4 is 11.4 Å². The van der Waals surface area contributed by atoms with Crippen LogP contribution < -0.4 is 15.8 Å². The molecule has 106 valence electrons. The van der Waals surface area contributed by atoms with Gasteiger partial charge < -0.3 is 15.8 Å². The van der Waals surface area contributed by atoms with E-state index in [-0.39, 0.29) is 6.04 Å². The highest BCUT2D eigenvalue weighted by atomic mass is 16.5. The highest BCUT2D eigenvalue weighted by molar-refractivity contribution is 5.61. The van der Waals surface area contributed by atoms with Crippen LogP contribution in [0.4, 0.5) is 11.4 Å². The Kier molecular flexibility index (Phi) is 4.82. The maximum Gasteiger partial charge on any atom is 0.144 e. The van der Waals surface area contributed by atoms with E-state index in [1.54, 1.807) is 6.20 Å². The summed E-state index contributed by atoms with van der Waals surface area (Å²) >= 11 is 0. The Bertz CT molecular complexity index is 543. The highest BCUT2D eigenvalue weighted by Crippen LogP contribution is 2.27. The molecular formula is C16H21N3O. The van der Waals surface area contributed by atoms with E-state index >= 15 is 0 Å². The molecule has 0 spiro atoms. The molecule has 0 radical (unpaired) electrons. The Morgan fingerprint density at radius 2 is 2.15 bits per heavy atom. The summed E-state index contributed by atoms with van der Waals surface area (Å²) in [7, 11) is 0. The summed E-state index contributed by atoms with van der Waals surface area (Å²) in [4.78, 5) is 4.35. The van der Waals surface area contributed by atoms with Crippen LogP contribution in [0.2, 0.25) is 0 Å². The first kappa shape index (κ1) is 14.2. The van der Waals surface area contributed by atoms with Crippen LogP contribution in [0.1, 0.15) is 32.0 Å². The molecule has 2 aromatic rings. The van der Waals surface area contributed by atoms with Crippen molar-refractivity contribution in [2.45, 2.75) is 26.3 Å². The summed E-state index contributed by atoms with van der Waals surface area (Å²) in [5.74, 6) is 0.727. The van der Waals surface area contributed by atoms with Gasteiger partial charge in [-0.25, -0.2) is 0 Å². The molecule has 0 bridgehead atoms. The molecule has 1 atom stereocenters. The van der Waals surface area contributed by atoms with E-state index in [2.05, 4.69) is 24.1 Å². The molecule has 4 nitrogen and oxygen atoms in total. The van der Waals surface area contributed by atoms with Gasteiger partial charge >= 0.3 is 0 Å². The minimum Gasteiger partial charge on any atom is -0.491 e. The molecule has 1 aromatic carbocycles. The van der Waals surface area contributed by atoms with Crippen LogP contribution >= 0.6 is 0 Å². The second kappa shape index (κ2) is 6.80. The summed E-state index contributed by atoms with van der Waals surface area (Å²) in [6, 6.07) is 11.8. The van der Waals surface area contributed by atoms with E-state index in [9.17, 15) is 0 Å². The van der Waals surface area contributed by atoms with Crippen molar-refractivity contribution in [3.8, 4) is 5.75 Å². The summed E-state index contributed by atoms with van der Waals surface area (Å²) in [5, 5.41) is 3.40. The normalized spacial score (nSPS) is 11.9. The van der Waals surface area contributed by atoms with Crippen molar-refractivity contribution in [1.82, 2.24) is 4.98 Å². The molecular weight excluding hydrogens is 250 g/mol. The Labute approximate surface area is 120 Å². The number of nitrogens with one attached hydrogen (secondary N) is 1.